The first-order valence-corrected chi connectivity index (χ1v) is 9.13. The smallest absolute Gasteiger partial charge is 0.254 e. The quantitative estimate of drug-likeness (QED) is 0.765. The van der Waals surface area contributed by atoms with Gasteiger partial charge < -0.3 is 9.80 Å². The van der Waals surface area contributed by atoms with E-state index in [-0.39, 0.29) is 11.8 Å². The summed E-state index contributed by atoms with van der Waals surface area (Å²) < 4.78 is 0.853. The Morgan fingerprint density at radius 3 is 2.56 bits per heavy atom. The second-order valence-electron chi connectivity index (χ2n) is 6.39. The third kappa shape index (κ3) is 3.33. The Labute approximate surface area is 156 Å². The van der Waals surface area contributed by atoms with Crippen LogP contribution in [0, 0.1) is 13.8 Å². The van der Waals surface area contributed by atoms with Gasteiger partial charge in [0.2, 0.25) is 5.91 Å². The molecule has 0 N–H and O–H groups in total. The van der Waals surface area contributed by atoms with E-state index in [2.05, 4.69) is 15.9 Å². The van der Waals surface area contributed by atoms with Gasteiger partial charge in [-0.25, -0.2) is 0 Å². The second kappa shape index (κ2) is 7.00. The SMILES string of the molecule is Cc1cccc(N2CCN(C(=O)c3cccc(Br)c3)[C@@H](C)C2=O)c1C. The highest BCUT2D eigenvalue weighted by Gasteiger charge is 2.35. The van der Waals surface area contributed by atoms with Crippen LogP contribution in [0.15, 0.2) is 46.9 Å². The van der Waals surface area contributed by atoms with Crippen LogP contribution in [0.25, 0.3) is 0 Å². The van der Waals surface area contributed by atoms with E-state index in [4.69, 9.17) is 0 Å². The zero-order chi connectivity index (χ0) is 18.1. The van der Waals surface area contributed by atoms with Crippen molar-refractivity contribution in [2.24, 2.45) is 0 Å². The Morgan fingerprint density at radius 1 is 1.12 bits per heavy atom. The van der Waals surface area contributed by atoms with Crippen molar-refractivity contribution in [3.05, 3.63) is 63.6 Å². The van der Waals surface area contributed by atoms with Crippen molar-refractivity contribution in [1.29, 1.82) is 0 Å². The number of halogens is 1. The van der Waals surface area contributed by atoms with Gasteiger partial charge in [0, 0.05) is 28.8 Å². The van der Waals surface area contributed by atoms with E-state index >= 15 is 0 Å². The molecule has 1 aliphatic heterocycles. The first-order chi connectivity index (χ1) is 11.9. The molecule has 130 valence electrons. The third-order valence-electron chi connectivity index (χ3n) is 4.85. The fourth-order valence-electron chi connectivity index (χ4n) is 3.20. The molecule has 5 heteroatoms. The normalized spacial score (nSPS) is 17.8. The minimum absolute atomic E-state index is 0.0386. The van der Waals surface area contributed by atoms with Crippen LogP contribution in [0.4, 0.5) is 5.69 Å². The highest BCUT2D eigenvalue weighted by atomic mass is 79.9. The van der Waals surface area contributed by atoms with Crippen LogP contribution in [0.5, 0.6) is 0 Å². The van der Waals surface area contributed by atoms with E-state index < -0.39 is 6.04 Å². The average molecular weight is 401 g/mol. The highest BCUT2D eigenvalue weighted by Crippen LogP contribution is 2.27. The maximum Gasteiger partial charge on any atom is 0.254 e. The van der Waals surface area contributed by atoms with Gasteiger partial charge in [-0.2, -0.15) is 0 Å². The van der Waals surface area contributed by atoms with Crippen LogP contribution in [0.3, 0.4) is 0 Å². The molecule has 1 heterocycles. The molecule has 0 unspecified atom stereocenters. The van der Waals surface area contributed by atoms with Crippen LogP contribution in [-0.4, -0.2) is 35.8 Å². The minimum atomic E-state index is -0.486. The van der Waals surface area contributed by atoms with Gasteiger partial charge in [0.25, 0.3) is 5.91 Å². The van der Waals surface area contributed by atoms with Crippen molar-refractivity contribution in [2.75, 3.05) is 18.0 Å². The molecule has 0 aromatic heterocycles. The standard InChI is InChI=1S/C20H21BrN2O2/c1-13-6-4-9-18(14(13)2)23-11-10-22(15(3)19(23)24)20(25)16-7-5-8-17(21)12-16/h4-9,12,15H,10-11H2,1-3H3/t15-/m0/s1. The zero-order valence-corrected chi connectivity index (χ0v) is 16.2. The Balaban J connectivity index is 1.84. The first kappa shape index (κ1) is 17.7. The Kier molecular flexibility index (Phi) is 4.95. The number of rotatable bonds is 2. The molecule has 0 radical (unpaired) electrons. The molecule has 1 atom stereocenters. The Hall–Kier alpha value is -2.14. The van der Waals surface area contributed by atoms with Gasteiger partial charge in [-0.1, -0.05) is 34.1 Å². The van der Waals surface area contributed by atoms with Gasteiger partial charge in [-0.3, -0.25) is 9.59 Å². The molecule has 0 aliphatic carbocycles. The van der Waals surface area contributed by atoms with E-state index in [9.17, 15) is 9.59 Å². The summed E-state index contributed by atoms with van der Waals surface area (Å²) in [6.07, 6.45) is 0. The fraction of sp³-hybridized carbons (Fsp3) is 0.300. The van der Waals surface area contributed by atoms with Gasteiger partial charge >= 0.3 is 0 Å². The molecular formula is C20H21BrN2O2. The lowest BCUT2D eigenvalue weighted by Crippen LogP contribution is -2.58. The number of carbonyl (C=O) groups excluding carboxylic acids is 2. The molecule has 2 aromatic rings. The lowest BCUT2D eigenvalue weighted by Gasteiger charge is -2.39. The molecule has 0 spiro atoms. The van der Waals surface area contributed by atoms with Crippen LogP contribution < -0.4 is 4.90 Å². The first-order valence-electron chi connectivity index (χ1n) is 8.34. The number of hydrogen-bond donors (Lipinski definition) is 0. The molecule has 1 aliphatic rings. The van der Waals surface area contributed by atoms with E-state index in [1.165, 1.54) is 0 Å². The molecule has 0 bridgehead atoms. The molecule has 4 nitrogen and oxygen atoms in total. The number of anilines is 1. The molecular weight excluding hydrogens is 380 g/mol. The summed E-state index contributed by atoms with van der Waals surface area (Å²) in [6.45, 7) is 6.90. The maximum absolute atomic E-state index is 12.9. The third-order valence-corrected chi connectivity index (χ3v) is 5.35. The number of piperazine rings is 1. The fourth-order valence-corrected chi connectivity index (χ4v) is 3.60. The Morgan fingerprint density at radius 2 is 1.84 bits per heavy atom. The van der Waals surface area contributed by atoms with Gasteiger partial charge in [0.05, 0.1) is 0 Å². The van der Waals surface area contributed by atoms with Crippen molar-refractivity contribution in [3.8, 4) is 0 Å². The van der Waals surface area contributed by atoms with Crippen molar-refractivity contribution in [2.45, 2.75) is 26.8 Å². The van der Waals surface area contributed by atoms with Crippen LogP contribution >= 0.6 is 15.9 Å². The van der Waals surface area contributed by atoms with Gasteiger partial charge in [0.15, 0.2) is 0 Å². The van der Waals surface area contributed by atoms with E-state index in [1.54, 1.807) is 28.9 Å². The highest BCUT2D eigenvalue weighted by molar-refractivity contribution is 9.10. The molecule has 3 rings (SSSR count). The summed E-state index contributed by atoms with van der Waals surface area (Å²) in [5.41, 5.74) is 3.79. The predicted molar refractivity (Wildman–Crippen MR) is 103 cm³/mol. The summed E-state index contributed by atoms with van der Waals surface area (Å²) in [6, 6.07) is 12.8. The monoisotopic (exact) mass is 400 g/mol. The van der Waals surface area contributed by atoms with Gasteiger partial charge in [0.1, 0.15) is 6.04 Å². The van der Waals surface area contributed by atoms with Gasteiger partial charge in [-0.15, -0.1) is 0 Å². The summed E-state index contributed by atoms with van der Waals surface area (Å²) in [7, 11) is 0. The number of aryl methyl sites for hydroxylation is 1. The van der Waals surface area contributed by atoms with Gasteiger partial charge in [-0.05, 0) is 56.2 Å². The molecule has 0 saturated carbocycles. The Bertz CT molecular complexity index is 834. The van der Waals surface area contributed by atoms with Crippen molar-refractivity contribution >= 4 is 33.4 Å². The number of nitrogens with zero attached hydrogens (tertiary/aromatic N) is 2. The zero-order valence-electron chi connectivity index (χ0n) is 14.6. The number of amides is 2. The van der Waals surface area contributed by atoms with Crippen molar-refractivity contribution in [3.63, 3.8) is 0 Å². The van der Waals surface area contributed by atoms with E-state index in [0.717, 1.165) is 21.3 Å². The molecule has 1 saturated heterocycles. The molecule has 2 aromatic carbocycles. The molecule has 1 fully saturated rings. The van der Waals surface area contributed by atoms with E-state index in [1.807, 2.05) is 44.2 Å². The number of benzene rings is 2. The minimum Gasteiger partial charge on any atom is -0.325 e. The van der Waals surface area contributed by atoms with Crippen molar-refractivity contribution in [1.82, 2.24) is 4.90 Å². The van der Waals surface area contributed by atoms with E-state index in [0.29, 0.717) is 18.7 Å². The summed E-state index contributed by atoms with van der Waals surface area (Å²) in [4.78, 5) is 29.2. The van der Waals surface area contributed by atoms with Crippen molar-refractivity contribution < 1.29 is 9.59 Å². The second-order valence-corrected chi connectivity index (χ2v) is 7.31. The topological polar surface area (TPSA) is 40.6 Å². The number of carbonyl (C=O) groups is 2. The molecule has 2 amide bonds. The van der Waals surface area contributed by atoms with Crippen LogP contribution in [-0.2, 0) is 4.79 Å². The number of hydrogen-bond acceptors (Lipinski definition) is 2. The average Bonchev–Trinajstić information content (AvgIpc) is 2.59. The lowest BCUT2D eigenvalue weighted by atomic mass is 10.0. The summed E-state index contributed by atoms with van der Waals surface area (Å²) >= 11 is 3.39. The van der Waals surface area contributed by atoms with Crippen LogP contribution in [0.2, 0.25) is 0 Å². The largest absolute Gasteiger partial charge is 0.325 e. The van der Waals surface area contributed by atoms with Crippen LogP contribution in [0.1, 0.15) is 28.4 Å². The molecule has 25 heavy (non-hydrogen) atoms. The maximum atomic E-state index is 12.9. The lowest BCUT2D eigenvalue weighted by molar-refractivity contribution is -0.124. The summed E-state index contributed by atoms with van der Waals surface area (Å²) in [5, 5.41) is 0. The predicted octanol–water partition coefficient (Wildman–Crippen LogP) is 3.94. The summed E-state index contributed by atoms with van der Waals surface area (Å²) in [5.74, 6) is -0.147.